The topological polar surface area (TPSA) is 37.3 Å². The van der Waals surface area contributed by atoms with Crippen LogP contribution in [0.25, 0.3) is 0 Å². The Bertz CT molecular complexity index is 153. The Morgan fingerprint density at radius 2 is 2.00 bits per heavy atom. The lowest BCUT2D eigenvalue weighted by molar-refractivity contribution is -0.137. The highest BCUT2D eigenvalue weighted by Crippen LogP contribution is 2.31. The summed E-state index contributed by atoms with van der Waals surface area (Å²) in [6.45, 7) is 0. The molecular formula is C9H16O2S. The van der Waals surface area contributed by atoms with E-state index in [0.29, 0.717) is 5.92 Å². The van der Waals surface area contributed by atoms with Crippen molar-refractivity contribution in [1.82, 2.24) is 0 Å². The first-order valence-corrected chi connectivity index (χ1v) is 5.80. The lowest BCUT2D eigenvalue weighted by Crippen LogP contribution is -2.27. The standard InChI is InChI=1S/C9H16O2S/c1-12-8(9(10)11)7-5-3-2-4-6-7/h7-8H,2-6H2,1H3,(H,10,11). The Hall–Kier alpha value is -0.180. The van der Waals surface area contributed by atoms with Crippen LogP contribution in [0.3, 0.4) is 0 Å². The molecule has 1 saturated carbocycles. The molecule has 1 fully saturated rings. The third-order valence-electron chi connectivity index (χ3n) is 2.58. The molecule has 3 heteroatoms. The van der Waals surface area contributed by atoms with E-state index in [1.165, 1.54) is 31.0 Å². The van der Waals surface area contributed by atoms with Crippen molar-refractivity contribution in [2.24, 2.45) is 5.92 Å². The molecule has 0 amide bonds. The molecule has 0 saturated heterocycles. The van der Waals surface area contributed by atoms with E-state index in [1.807, 2.05) is 6.26 Å². The summed E-state index contributed by atoms with van der Waals surface area (Å²) in [6.07, 6.45) is 7.84. The van der Waals surface area contributed by atoms with Gasteiger partial charge in [0.2, 0.25) is 0 Å². The quantitative estimate of drug-likeness (QED) is 0.739. The highest BCUT2D eigenvalue weighted by Gasteiger charge is 2.28. The molecule has 0 radical (unpaired) electrons. The Morgan fingerprint density at radius 1 is 1.42 bits per heavy atom. The molecule has 0 aromatic carbocycles. The Kier molecular flexibility index (Phi) is 3.92. The van der Waals surface area contributed by atoms with E-state index < -0.39 is 5.97 Å². The highest BCUT2D eigenvalue weighted by molar-refractivity contribution is 7.99. The second-order valence-corrected chi connectivity index (χ2v) is 4.37. The number of carboxylic acid groups (broad SMARTS) is 1. The van der Waals surface area contributed by atoms with Crippen LogP contribution in [-0.4, -0.2) is 22.6 Å². The molecule has 12 heavy (non-hydrogen) atoms. The number of carboxylic acids is 1. The second-order valence-electron chi connectivity index (χ2n) is 3.39. The van der Waals surface area contributed by atoms with Crippen LogP contribution in [0.4, 0.5) is 0 Å². The monoisotopic (exact) mass is 188 g/mol. The SMILES string of the molecule is CSC(C(=O)O)C1CCCCC1. The molecule has 0 aromatic heterocycles. The fourth-order valence-electron chi connectivity index (χ4n) is 1.93. The summed E-state index contributed by atoms with van der Waals surface area (Å²) in [7, 11) is 0. The van der Waals surface area contributed by atoms with Crippen molar-refractivity contribution in [2.45, 2.75) is 37.4 Å². The summed E-state index contributed by atoms with van der Waals surface area (Å²) in [6, 6.07) is 0. The Morgan fingerprint density at radius 3 is 2.42 bits per heavy atom. The molecule has 0 heterocycles. The van der Waals surface area contributed by atoms with Gasteiger partial charge in [0.25, 0.3) is 0 Å². The van der Waals surface area contributed by atoms with Gasteiger partial charge in [-0.05, 0) is 25.0 Å². The van der Waals surface area contributed by atoms with E-state index in [2.05, 4.69) is 0 Å². The van der Waals surface area contributed by atoms with E-state index >= 15 is 0 Å². The molecule has 0 aromatic rings. The van der Waals surface area contributed by atoms with Gasteiger partial charge in [-0.3, -0.25) is 4.79 Å². The van der Waals surface area contributed by atoms with Crippen molar-refractivity contribution >= 4 is 17.7 Å². The van der Waals surface area contributed by atoms with Crippen LogP contribution in [0.5, 0.6) is 0 Å². The predicted octanol–water partition coefficient (Wildman–Crippen LogP) is 2.38. The minimum atomic E-state index is -0.630. The van der Waals surface area contributed by atoms with Crippen molar-refractivity contribution in [1.29, 1.82) is 0 Å². The Balaban J connectivity index is 2.46. The molecule has 0 aliphatic heterocycles. The van der Waals surface area contributed by atoms with Crippen LogP contribution in [0.2, 0.25) is 0 Å². The van der Waals surface area contributed by atoms with E-state index in [1.54, 1.807) is 0 Å². The molecule has 1 unspecified atom stereocenters. The van der Waals surface area contributed by atoms with Gasteiger partial charge in [0.1, 0.15) is 5.25 Å². The first-order valence-electron chi connectivity index (χ1n) is 4.51. The zero-order valence-electron chi connectivity index (χ0n) is 7.45. The van der Waals surface area contributed by atoms with Gasteiger partial charge in [-0.25, -0.2) is 0 Å². The van der Waals surface area contributed by atoms with Gasteiger partial charge in [-0.15, -0.1) is 11.8 Å². The zero-order valence-corrected chi connectivity index (χ0v) is 8.27. The molecule has 1 rings (SSSR count). The number of hydrogen-bond donors (Lipinski definition) is 1. The van der Waals surface area contributed by atoms with Crippen LogP contribution < -0.4 is 0 Å². The summed E-state index contributed by atoms with van der Waals surface area (Å²) in [4.78, 5) is 10.8. The molecule has 1 aliphatic carbocycles. The summed E-state index contributed by atoms with van der Waals surface area (Å²) in [5, 5.41) is 8.74. The van der Waals surface area contributed by atoms with Crippen LogP contribution >= 0.6 is 11.8 Å². The van der Waals surface area contributed by atoms with Crippen molar-refractivity contribution < 1.29 is 9.90 Å². The van der Waals surface area contributed by atoms with Crippen molar-refractivity contribution in [3.8, 4) is 0 Å². The van der Waals surface area contributed by atoms with Gasteiger partial charge in [0, 0.05) is 0 Å². The average molecular weight is 188 g/mol. The molecule has 0 spiro atoms. The van der Waals surface area contributed by atoms with Crippen LogP contribution in [0.1, 0.15) is 32.1 Å². The minimum absolute atomic E-state index is 0.162. The fourth-order valence-corrected chi connectivity index (χ4v) is 2.79. The van der Waals surface area contributed by atoms with Gasteiger partial charge in [0.05, 0.1) is 0 Å². The molecular weight excluding hydrogens is 172 g/mol. The van der Waals surface area contributed by atoms with E-state index in [-0.39, 0.29) is 5.25 Å². The average Bonchev–Trinajstić information content (AvgIpc) is 2.07. The zero-order chi connectivity index (χ0) is 8.97. The number of aliphatic carboxylic acids is 1. The van der Waals surface area contributed by atoms with Gasteiger partial charge >= 0.3 is 5.97 Å². The molecule has 0 bridgehead atoms. The Labute approximate surface area is 77.7 Å². The summed E-state index contributed by atoms with van der Waals surface area (Å²) in [5.74, 6) is -0.208. The van der Waals surface area contributed by atoms with Crippen molar-refractivity contribution in [2.75, 3.05) is 6.26 Å². The smallest absolute Gasteiger partial charge is 0.316 e. The molecule has 70 valence electrons. The summed E-state index contributed by atoms with van der Waals surface area (Å²) < 4.78 is 0. The van der Waals surface area contributed by atoms with Gasteiger partial charge < -0.3 is 5.11 Å². The third-order valence-corrected chi connectivity index (χ3v) is 3.67. The maximum Gasteiger partial charge on any atom is 0.316 e. The lowest BCUT2D eigenvalue weighted by atomic mass is 9.87. The van der Waals surface area contributed by atoms with Gasteiger partial charge in [-0.1, -0.05) is 19.3 Å². The van der Waals surface area contributed by atoms with Crippen LogP contribution in [0, 0.1) is 5.92 Å². The number of thioether (sulfide) groups is 1. The largest absolute Gasteiger partial charge is 0.480 e. The van der Waals surface area contributed by atoms with Crippen molar-refractivity contribution in [3.05, 3.63) is 0 Å². The van der Waals surface area contributed by atoms with E-state index in [4.69, 9.17) is 5.11 Å². The van der Waals surface area contributed by atoms with Crippen LogP contribution in [-0.2, 0) is 4.79 Å². The number of rotatable bonds is 3. The van der Waals surface area contributed by atoms with E-state index in [0.717, 1.165) is 12.8 Å². The minimum Gasteiger partial charge on any atom is -0.480 e. The first kappa shape index (κ1) is 9.90. The fraction of sp³-hybridized carbons (Fsp3) is 0.889. The molecule has 1 atom stereocenters. The normalized spacial score (nSPS) is 22.1. The summed E-state index contributed by atoms with van der Waals surface area (Å²) >= 11 is 1.48. The van der Waals surface area contributed by atoms with Gasteiger partial charge in [0.15, 0.2) is 0 Å². The van der Waals surface area contributed by atoms with Crippen LogP contribution in [0.15, 0.2) is 0 Å². The second kappa shape index (κ2) is 4.75. The van der Waals surface area contributed by atoms with Gasteiger partial charge in [-0.2, -0.15) is 0 Å². The lowest BCUT2D eigenvalue weighted by Gasteiger charge is -2.25. The maximum atomic E-state index is 10.8. The third kappa shape index (κ3) is 2.41. The highest BCUT2D eigenvalue weighted by atomic mass is 32.2. The molecule has 1 N–H and O–H groups in total. The summed E-state index contributed by atoms with van der Waals surface area (Å²) in [5.41, 5.74) is 0. The first-order chi connectivity index (χ1) is 5.75. The molecule has 1 aliphatic rings. The number of hydrogen-bond acceptors (Lipinski definition) is 2. The maximum absolute atomic E-state index is 10.8. The van der Waals surface area contributed by atoms with E-state index in [9.17, 15) is 4.79 Å². The predicted molar refractivity (Wildman–Crippen MR) is 51.5 cm³/mol. The van der Waals surface area contributed by atoms with Crippen molar-refractivity contribution in [3.63, 3.8) is 0 Å². The molecule has 2 nitrogen and oxygen atoms in total. The number of carbonyl (C=O) groups is 1.